The van der Waals surface area contributed by atoms with Crippen LogP contribution in [0.3, 0.4) is 0 Å². The van der Waals surface area contributed by atoms with Gasteiger partial charge in [-0.15, -0.1) is 16.7 Å². The van der Waals surface area contributed by atoms with Crippen molar-refractivity contribution >= 4 is 11.6 Å². The van der Waals surface area contributed by atoms with Crippen LogP contribution in [-0.4, -0.2) is 22.1 Å². The molecule has 18 heavy (non-hydrogen) atoms. The SMILES string of the molecule is CCC(Cl)c1cn(-c2ccc(F)c(OC)c2)nn1. The number of hydrogen-bond acceptors (Lipinski definition) is 3. The normalized spacial score (nSPS) is 12.4. The molecule has 0 amide bonds. The Morgan fingerprint density at radius 3 is 2.94 bits per heavy atom. The number of rotatable bonds is 4. The molecule has 4 nitrogen and oxygen atoms in total. The average Bonchev–Trinajstić information content (AvgIpc) is 2.88. The van der Waals surface area contributed by atoms with Crippen molar-refractivity contribution in [1.82, 2.24) is 15.0 Å². The highest BCUT2D eigenvalue weighted by Crippen LogP contribution is 2.24. The van der Waals surface area contributed by atoms with Crippen molar-refractivity contribution in [3.63, 3.8) is 0 Å². The third kappa shape index (κ3) is 2.46. The van der Waals surface area contributed by atoms with Crippen molar-refractivity contribution in [3.8, 4) is 11.4 Å². The molecule has 0 aliphatic heterocycles. The van der Waals surface area contributed by atoms with Crippen molar-refractivity contribution < 1.29 is 9.13 Å². The number of benzene rings is 1. The maximum atomic E-state index is 13.3. The summed E-state index contributed by atoms with van der Waals surface area (Å²) in [5.74, 6) is -0.243. The lowest BCUT2D eigenvalue weighted by Crippen LogP contribution is -1.97. The van der Waals surface area contributed by atoms with Crippen LogP contribution in [0.25, 0.3) is 5.69 Å². The van der Waals surface area contributed by atoms with Crippen LogP contribution in [-0.2, 0) is 0 Å². The summed E-state index contributed by atoms with van der Waals surface area (Å²) in [7, 11) is 1.42. The summed E-state index contributed by atoms with van der Waals surface area (Å²) < 4.78 is 19.7. The molecule has 96 valence electrons. The van der Waals surface area contributed by atoms with Crippen molar-refractivity contribution in [2.45, 2.75) is 18.7 Å². The number of nitrogens with zero attached hydrogens (tertiary/aromatic N) is 3. The summed E-state index contributed by atoms with van der Waals surface area (Å²) in [5.41, 5.74) is 1.37. The van der Waals surface area contributed by atoms with Crippen molar-refractivity contribution in [2.75, 3.05) is 7.11 Å². The van der Waals surface area contributed by atoms with Crippen molar-refractivity contribution in [3.05, 3.63) is 35.9 Å². The smallest absolute Gasteiger partial charge is 0.165 e. The first kappa shape index (κ1) is 12.8. The maximum absolute atomic E-state index is 13.3. The standard InChI is InChI=1S/C12H13ClFN3O/c1-3-9(13)11-7-17(16-15-11)8-4-5-10(14)12(6-8)18-2/h4-7,9H,3H2,1-2H3. The zero-order valence-electron chi connectivity index (χ0n) is 10.1. The first-order valence-corrected chi connectivity index (χ1v) is 5.99. The van der Waals surface area contributed by atoms with Crippen molar-refractivity contribution in [1.29, 1.82) is 0 Å². The van der Waals surface area contributed by atoms with Crippen LogP contribution < -0.4 is 4.74 Å². The van der Waals surface area contributed by atoms with Crippen molar-refractivity contribution in [2.24, 2.45) is 0 Å². The van der Waals surface area contributed by atoms with E-state index in [1.54, 1.807) is 23.0 Å². The fraction of sp³-hybridized carbons (Fsp3) is 0.333. The summed E-state index contributed by atoms with van der Waals surface area (Å²) >= 11 is 6.07. The Morgan fingerprint density at radius 1 is 1.50 bits per heavy atom. The monoisotopic (exact) mass is 269 g/mol. The van der Waals surface area contributed by atoms with Gasteiger partial charge in [0.05, 0.1) is 24.4 Å². The van der Waals surface area contributed by atoms with E-state index in [0.717, 1.165) is 6.42 Å². The van der Waals surface area contributed by atoms with Gasteiger partial charge in [0.25, 0.3) is 0 Å². The van der Waals surface area contributed by atoms with E-state index in [0.29, 0.717) is 11.4 Å². The largest absolute Gasteiger partial charge is 0.494 e. The second-order valence-corrected chi connectivity index (χ2v) is 4.31. The van der Waals surface area contributed by atoms with Crippen LogP contribution in [0.4, 0.5) is 4.39 Å². The molecule has 2 rings (SSSR count). The van der Waals surface area contributed by atoms with Crippen LogP contribution in [0.5, 0.6) is 5.75 Å². The van der Waals surface area contributed by atoms with E-state index >= 15 is 0 Å². The van der Waals surface area contributed by atoms with Crippen LogP contribution in [0, 0.1) is 5.82 Å². The Labute approximate surface area is 109 Å². The summed E-state index contributed by atoms with van der Waals surface area (Å²) in [6, 6.07) is 4.49. The van der Waals surface area contributed by atoms with Gasteiger partial charge in [0.15, 0.2) is 11.6 Å². The van der Waals surface area contributed by atoms with Gasteiger partial charge < -0.3 is 4.74 Å². The molecule has 0 saturated heterocycles. The van der Waals surface area contributed by atoms with Gasteiger partial charge >= 0.3 is 0 Å². The second kappa shape index (κ2) is 5.35. The minimum atomic E-state index is -0.412. The second-order valence-electron chi connectivity index (χ2n) is 3.78. The summed E-state index contributed by atoms with van der Waals surface area (Å²) in [4.78, 5) is 0. The molecule has 1 aromatic carbocycles. The van der Waals surface area contributed by atoms with Gasteiger partial charge in [0.2, 0.25) is 0 Å². The molecule has 0 bridgehead atoms. The van der Waals surface area contributed by atoms with E-state index in [1.807, 2.05) is 6.92 Å². The van der Waals surface area contributed by atoms with Gasteiger partial charge in [0.1, 0.15) is 5.69 Å². The molecule has 0 radical (unpaired) electrons. The summed E-state index contributed by atoms with van der Waals surface area (Å²) in [5, 5.41) is 7.79. The molecular weight excluding hydrogens is 257 g/mol. The molecule has 2 aromatic rings. The van der Waals surface area contributed by atoms with Crippen LogP contribution in [0.15, 0.2) is 24.4 Å². The van der Waals surface area contributed by atoms with Gasteiger partial charge in [-0.25, -0.2) is 9.07 Å². The molecule has 0 aliphatic rings. The van der Waals surface area contributed by atoms with E-state index in [9.17, 15) is 4.39 Å². The first-order valence-electron chi connectivity index (χ1n) is 5.56. The molecule has 0 N–H and O–H groups in total. The lowest BCUT2D eigenvalue weighted by molar-refractivity contribution is 0.386. The van der Waals surface area contributed by atoms with E-state index in [4.69, 9.17) is 16.3 Å². The molecule has 6 heteroatoms. The summed E-state index contributed by atoms with van der Waals surface area (Å²) in [6.45, 7) is 1.97. The molecular formula is C12H13ClFN3O. The lowest BCUT2D eigenvalue weighted by atomic mass is 10.2. The van der Waals surface area contributed by atoms with Gasteiger partial charge in [-0.1, -0.05) is 12.1 Å². The van der Waals surface area contributed by atoms with Crippen LogP contribution in [0.1, 0.15) is 24.4 Å². The molecule has 1 aromatic heterocycles. The predicted octanol–water partition coefficient (Wildman–Crippen LogP) is 3.10. The Kier molecular flexibility index (Phi) is 3.81. The molecule has 1 heterocycles. The third-order valence-electron chi connectivity index (χ3n) is 2.59. The van der Waals surface area contributed by atoms with E-state index in [2.05, 4.69) is 10.3 Å². The van der Waals surface area contributed by atoms with E-state index < -0.39 is 5.82 Å². The molecule has 0 aliphatic carbocycles. The Bertz CT molecular complexity index is 544. The zero-order chi connectivity index (χ0) is 13.1. The molecule has 0 spiro atoms. The lowest BCUT2D eigenvalue weighted by Gasteiger charge is -2.05. The van der Waals surface area contributed by atoms with Gasteiger partial charge in [-0.3, -0.25) is 0 Å². The first-order chi connectivity index (χ1) is 8.65. The minimum Gasteiger partial charge on any atom is -0.494 e. The topological polar surface area (TPSA) is 39.9 Å². The predicted molar refractivity (Wildman–Crippen MR) is 66.8 cm³/mol. The molecule has 0 fully saturated rings. The number of methoxy groups -OCH3 is 1. The highest BCUT2D eigenvalue weighted by Gasteiger charge is 2.12. The number of alkyl halides is 1. The quantitative estimate of drug-likeness (QED) is 0.801. The molecule has 1 atom stereocenters. The summed E-state index contributed by atoms with van der Waals surface area (Å²) in [6.07, 6.45) is 2.50. The zero-order valence-corrected chi connectivity index (χ0v) is 10.9. The van der Waals surface area contributed by atoms with Gasteiger partial charge in [-0.05, 0) is 18.6 Å². The molecule has 0 saturated carbocycles. The fourth-order valence-electron chi connectivity index (χ4n) is 1.55. The Morgan fingerprint density at radius 2 is 2.28 bits per heavy atom. The third-order valence-corrected chi connectivity index (χ3v) is 3.12. The highest BCUT2D eigenvalue weighted by atomic mass is 35.5. The van der Waals surface area contributed by atoms with E-state index in [-0.39, 0.29) is 11.1 Å². The maximum Gasteiger partial charge on any atom is 0.165 e. The fourth-order valence-corrected chi connectivity index (χ4v) is 1.65. The number of hydrogen-bond donors (Lipinski definition) is 0. The van der Waals surface area contributed by atoms with Crippen LogP contribution in [0.2, 0.25) is 0 Å². The minimum absolute atomic E-state index is 0.166. The number of halogens is 2. The Balaban J connectivity index is 2.34. The number of aromatic nitrogens is 3. The average molecular weight is 270 g/mol. The van der Waals surface area contributed by atoms with Gasteiger partial charge in [0, 0.05) is 6.07 Å². The Hall–Kier alpha value is -1.62. The van der Waals surface area contributed by atoms with Crippen LogP contribution >= 0.6 is 11.6 Å². The van der Waals surface area contributed by atoms with E-state index in [1.165, 1.54) is 13.2 Å². The number of ether oxygens (including phenoxy) is 1. The molecule has 1 unspecified atom stereocenters. The highest BCUT2D eigenvalue weighted by molar-refractivity contribution is 6.20. The van der Waals surface area contributed by atoms with Gasteiger partial charge in [-0.2, -0.15) is 0 Å².